The Hall–Kier alpha value is -1.55. The number of aliphatic hydroxyl groups is 1. The van der Waals surface area contributed by atoms with Crippen molar-refractivity contribution in [2.45, 2.75) is 39.2 Å². The maximum absolute atomic E-state index is 12.5. The summed E-state index contributed by atoms with van der Waals surface area (Å²) in [5.74, 6) is -0.102. The van der Waals surface area contributed by atoms with E-state index in [1.807, 2.05) is 55.5 Å². The zero-order valence-electron chi connectivity index (χ0n) is 15.3. The second-order valence-corrected chi connectivity index (χ2v) is 8.17. The molecule has 0 fully saturated rings. The fourth-order valence-corrected chi connectivity index (χ4v) is 2.99. The van der Waals surface area contributed by atoms with E-state index < -0.39 is 5.41 Å². The van der Waals surface area contributed by atoms with Crippen LogP contribution in [0.25, 0.3) is 0 Å². The Kier molecular flexibility index (Phi) is 7.10. The predicted molar refractivity (Wildman–Crippen MR) is 108 cm³/mol. The van der Waals surface area contributed by atoms with Gasteiger partial charge < -0.3 is 10.4 Å². The molecule has 2 aromatic rings. The minimum atomic E-state index is -0.820. The number of rotatable bonds is 7. The molecule has 2 rings (SSSR count). The van der Waals surface area contributed by atoms with Crippen LogP contribution in [0.5, 0.6) is 0 Å². The summed E-state index contributed by atoms with van der Waals surface area (Å²) in [6, 6.07) is 15.3. The number of nitrogens with one attached hydrogen (secondary N) is 1. The third-order valence-electron chi connectivity index (χ3n) is 4.64. The summed E-state index contributed by atoms with van der Waals surface area (Å²) in [5, 5.41) is 13.9. The zero-order chi connectivity index (χ0) is 19.3. The van der Waals surface area contributed by atoms with Gasteiger partial charge in [0.05, 0.1) is 12.0 Å². The second kappa shape index (κ2) is 8.90. The van der Waals surface area contributed by atoms with Crippen molar-refractivity contribution in [3.8, 4) is 0 Å². The summed E-state index contributed by atoms with van der Waals surface area (Å²) in [5.41, 5.74) is 1.41. The van der Waals surface area contributed by atoms with Gasteiger partial charge in [0.2, 0.25) is 5.91 Å². The lowest BCUT2D eigenvalue weighted by Crippen LogP contribution is -2.46. The Morgan fingerprint density at radius 2 is 1.54 bits per heavy atom. The predicted octanol–water partition coefficient (Wildman–Crippen LogP) is 4.84. The molecule has 2 atom stereocenters. The number of hydrogen-bond acceptors (Lipinski definition) is 2. The molecule has 0 spiro atoms. The van der Waals surface area contributed by atoms with E-state index in [0.717, 1.165) is 17.5 Å². The molecule has 0 radical (unpaired) electrons. The highest BCUT2D eigenvalue weighted by Gasteiger charge is 2.30. The van der Waals surface area contributed by atoms with Gasteiger partial charge in [-0.25, -0.2) is 0 Å². The molecular formula is C21H25Cl2NO2. The molecule has 0 heterocycles. The third kappa shape index (κ3) is 5.47. The van der Waals surface area contributed by atoms with Crippen molar-refractivity contribution in [3.63, 3.8) is 0 Å². The lowest BCUT2D eigenvalue weighted by atomic mass is 9.85. The highest BCUT2D eigenvalue weighted by atomic mass is 35.5. The number of halogens is 2. The number of amides is 1. The van der Waals surface area contributed by atoms with Crippen LogP contribution in [0.4, 0.5) is 0 Å². The SMILES string of the molecule is CC(NC(=O)C(C)(C)CO)C(Cc1ccc(Cl)cc1)c1ccc(Cl)cc1. The van der Waals surface area contributed by atoms with Crippen molar-refractivity contribution < 1.29 is 9.90 Å². The van der Waals surface area contributed by atoms with Gasteiger partial charge in [-0.3, -0.25) is 4.79 Å². The summed E-state index contributed by atoms with van der Waals surface area (Å²) < 4.78 is 0. The topological polar surface area (TPSA) is 49.3 Å². The first-order chi connectivity index (χ1) is 12.2. The third-order valence-corrected chi connectivity index (χ3v) is 5.14. The van der Waals surface area contributed by atoms with Crippen molar-refractivity contribution >= 4 is 29.1 Å². The van der Waals surface area contributed by atoms with Gasteiger partial charge in [0.1, 0.15) is 0 Å². The van der Waals surface area contributed by atoms with E-state index in [1.165, 1.54) is 0 Å². The van der Waals surface area contributed by atoms with Crippen LogP contribution in [0.3, 0.4) is 0 Å². The first-order valence-electron chi connectivity index (χ1n) is 8.64. The van der Waals surface area contributed by atoms with E-state index in [4.69, 9.17) is 23.2 Å². The van der Waals surface area contributed by atoms with Gasteiger partial charge in [-0.2, -0.15) is 0 Å². The minimum Gasteiger partial charge on any atom is -0.395 e. The van der Waals surface area contributed by atoms with Crippen LogP contribution < -0.4 is 5.32 Å². The van der Waals surface area contributed by atoms with Crippen LogP contribution in [0, 0.1) is 5.41 Å². The van der Waals surface area contributed by atoms with Gasteiger partial charge in [-0.15, -0.1) is 0 Å². The van der Waals surface area contributed by atoms with Crippen LogP contribution in [-0.2, 0) is 11.2 Å². The van der Waals surface area contributed by atoms with Crippen molar-refractivity contribution in [1.29, 1.82) is 0 Å². The highest BCUT2D eigenvalue weighted by molar-refractivity contribution is 6.30. The maximum atomic E-state index is 12.5. The molecule has 0 saturated carbocycles. The lowest BCUT2D eigenvalue weighted by molar-refractivity contribution is -0.132. The molecular weight excluding hydrogens is 369 g/mol. The van der Waals surface area contributed by atoms with Gasteiger partial charge in [0.15, 0.2) is 0 Å². The molecule has 5 heteroatoms. The number of carbonyl (C=O) groups is 1. The lowest BCUT2D eigenvalue weighted by Gasteiger charge is -2.29. The summed E-state index contributed by atoms with van der Waals surface area (Å²) in [6.07, 6.45) is 0.750. The van der Waals surface area contributed by atoms with Crippen LogP contribution in [0.2, 0.25) is 10.0 Å². The number of aliphatic hydroxyl groups excluding tert-OH is 1. The van der Waals surface area contributed by atoms with Crippen molar-refractivity contribution in [1.82, 2.24) is 5.32 Å². The molecule has 2 aromatic carbocycles. The Morgan fingerprint density at radius 3 is 2.04 bits per heavy atom. The Balaban J connectivity index is 2.25. The largest absolute Gasteiger partial charge is 0.395 e. The zero-order valence-corrected chi connectivity index (χ0v) is 16.8. The van der Waals surface area contributed by atoms with Gasteiger partial charge in [-0.05, 0) is 62.6 Å². The normalized spacial score (nSPS) is 13.9. The molecule has 140 valence electrons. The average molecular weight is 394 g/mol. The number of benzene rings is 2. The molecule has 26 heavy (non-hydrogen) atoms. The van der Waals surface area contributed by atoms with Crippen LogP contribution in [-0.4, -0.2) is 23.7 Å². The van der Waals surface area contributed by atoms with E-state index in [-0.39, 0.29) is 24.5 Å². The van der Waals surface area contributed by atoms with Gasteiger partial charge in [0.25, 0.3) is 0 Å². The minimum absolute atomic E-state index is 0.0619. The monoisotopic (exact) mass is 393 g/mol. The van der Waals surface area contributed by atoms with Crippen LogP contribution in [0.1, 0.15) is 37.8 Å². The molecule has 0 aliphatic heterocycles. The fourth-order valence-electron chi connectivity index (χ4n) is 2.74. The van der Waals surface area contributed by atoms with E-state index >= 15 is 0 Å². The van der Waals surface area contributed by atoms with Crippen molar-refractivity contribution in [2.24, 2.45) is 5.41 Å². The standard InChI is InChI=1S/C21H25Cl2NO2/c1-14(24-20(26)21(2,3)13-25)19(16-6-10-18(23)11-7-16)12-15-4-8-17(22)9-5-15/h4-11,14,19,25H,12-13H2,1-3H3,(H,24,26). The second-order valence-electron chi connectivity index (χ2n) is 7.29. The van der Waals surface area contributed by atoms with Crippen molar-refractivity contribution in [2.75, 3.05) is 6.61 Å². The quantitative estimate of drug-likeness (QED) is 0.706. The Labute approximate surface area is 165 Å². The smallest absolute Gasteiger partial charge is 0.228 e. The Bertz CT molecular complexity index is 727. The molecule has 0 aliphatic carbocycles. The summed E-state index contributed by atoms with van der Waals surface area (Å²) in [6.45, 7) is 5.24. The van der Waals surface area contributed by atoms with Crippen LogP contribution in [0.15, 0.2) is 48.5 Å². The average Bonchev–Trinajstić information content (AvgIpc) is 2.62. The first kappa shape index (κ1) is 20.8. The van der Waals surface area contributed by atoms with Crippen LogP contribution >= 0.6 is 23.2 Å². The molecule has 0 aliphatic rings. The molecule has 0 aromatic heterocycles. The maximum Gasteiger partial charge on any atom is 0.228 e. The number of carbonyl (C=O) groups excluding carboxylic acids is 1. The molecule has 3 nitrogen and oxygen atoms in total. The molecule has 1 amide bonds. The molecule has 2 unspecified atom stereocenters. The molecule has 0 bridgehead atoms. The van der Waals surface area contributed by atoms with Gasteiger partial charge >= 0.3 is 0 Å². The van der Waals surface area contributed by atoms with E-state index in [9.17, 15) is 9.90 Å². The van der Waals surface area contributed by atoms with E-state index in [1.54, 1.807) is 13.8 Å². The number of hydrogen-bond donors (Lipinski definition) is 2. The van der Waals surface area contributed by atoms with E-state index in [0.29, 0.717) is 10.0 Å². The van der Waals surface area contributed by atoms with Gasteiger partial charge in [0, 0.05) is 22.0 Å². The van der Waals surface area contributed by atoms with Gasteiger partial charge in [-0.1, -0.05) is 47.5 Å². The van der Waals surface area contributed by atoms with E-state index in [2.05, 4.69) is 5.32 Å². The van der Waals surface area contributed by atoms with Crippen molar-refractivity contribution in [3.05, 3.63) is 69.7 Å². The summed E-state index contributed by atoms with van der Waals surface area (Å²) in [7, 11) is 0. The summed E-state index contributed by atoms with van der Waals surface area (Å²) >= 11 is 12.0. The highest BCUT2D eigenvalue weighted by Crippen LogP contribution is 2.27. The summed E-state index contributed by atoms with van der Waals surface area (Å²) in [4.78, 5) is 12.5. The first-order valence-corrected chi connectivity index (χ1v) is 9.40. The fraction of sp³-hybridized carbons (Fsp3) is 0.381. The molecule has 0 saturated heterocycles. The Morgan fingerprint density at radius 1 is 1.04 bits per heavy atom. The molecule has 2 N–H and O–H groups in total.